The summed E-state index contributed by atoms with van der Waals surface area (Å²) in [6, 6.07) is 11.4. The highest BCUT2D eigenvalue weighted by Gasteiger charge is 2.27. The molecule has 142 valence electrons. The second-order valence-electron chi connectivity index (χ2n) is 6.91. The number of halogens is 2. The number of carbonyl (C=O) groups excluding carboxylic acids is 2. The smallest absolute Gasteiger partial charge is 0.227 e. The van der Waals surface area contributed by atoms with Crippen LogP contribution in [-0.4, -0.2) is 29.8 Å². The van der Waals surface area contributed by atoms with E-state index in [0.717, 1.165) is 16.8 Å². The zero-order valence-electron chi connectivity index (χ0n) is 15.2. The number of likely N-dealkylation sites (tertiary alicyclic amines) is 1. The number of anilines is 1. The van der Waals surface area contributed by atoms with Crippen LogP contribution in [0.1, 0.15) is 24.0 Å². The van der Waals surface area contributed by atoms with E-state index in [4.69, 9.17) is 11.6 Å². The van der Waals surface area contributed by atoms with Gasteiger partial charge in [-0.3, -0.25) is 9.59 Å². The van der Waals surface area contributed by atoms with Crippen LogP contribution in [0.3, 0.4) is 0 Å². The van der Waals surface area contributed by atoms with Gasteiger partial charge in [-0.15, -0.1) is 0 Å². The molecule has 0 radical (unpaired) electrons. The van der Waals surface area contributed by atoms with E-state index in [0.29, 0.717) is 31.0 Å². The van der Waals surface area contributed by atoms with Crippen LogP contribution in [0.5, 0.6) is 0 Å². The molecule has 1 aliphatic rings. The number of carbonyl (C=O) groups is 2. The number of hydrogen-bond donors (Lipinski definition) is 1. The van der Waals surface area contributed by atoms with E-state index in [9.17, 15) is 14.0 Å². The molecule has 2 aromatic carbocycles. The number of rotatable bonds is 4. The molecule has 0 spiro atoms. The number of benzene rings is 2. The first-order valence-electron chi connectivity index (χ1n) is 9.01. The van der Waals surface area contributed by atoms with Crippen LogP contribution in [0, 0.1) is 18.7 Å². The van der Waals surface area contributed by atoms with Crippen LogP contribution < -0.4 is 5.32 Å². The predicted octanol–water partition coefficient (Wildman–Crippen LogP) is 4.21. The Labute approximate surface area is 163 Å². The number of piperidine rings is 1. The van der Waals surface area contributed by atoms with Crippen molar-refractivity contribution in [1.29, 1.82) is 0 Å². The van der Waals surface area contributed by atoms with E-state index in [1.165, 1.54) is 12.1 Å². The number of nitrogens with one attached hydrogen (secondary N) is 1. The summed E-state index contributed by atoms with van der Waals surface area (Å²) in [5.41, 5.74) is 2.47. The van der Waals surface area contributed by atoms with E-state index < -0.39 is 0 Å². The Hall–Kier alpha value is -2.40. The minimum Gasteiger partial charge on any atom is -0.342 e. The fourth-order valence-electron chi connectivity index (χ4n) is 3.24. The molecule has 1 saturated heterocycles. The highest BCUT2D eigenvalue weighted by atomic mass is 35.5. The highest BCUT2D eigenvalue weighted by molar-refractivity contribution is 6.31. The van der Waals surface area contributed by atoms with E-state index in [1.807, 2.05) is 13.0 Å². The lowest BCUT2D eigenvalue weighted by Crippen LogP contribution is -2.42. The van der Waals surface area contributed by atoms with Gasteiger partial charge < -0.3 is 10.2 Å². The van der Waals surface area contributed by atoms with Gasteiger partial charge in [0.2, 0.25) is 11.8 Å². The molecule has 3 rings (SSSR count). The van der Waals surface area contributed by atoms with Crippen LogP contribution >= 0.6 is 11.6 Å². The maximum Gasteiger partial charge on any atom is 0.227 e. The SMILES string of the molecule is Cc1ccc(Cl)cc1NC(=O)C1CCN(C(=O)Cc2ccc(F)cc2)CC1. The molecule has 0 aromatic heterocycles. The van der Waals surface area contributed by atoms with Crippen molar-refractivity contribution in [3.05, 3.63) is 64.4 Å². The Morgan fingerprint density at radius 3 is 2.48 bits per heavy atom. The second kappa shape index (κ2) is 8.53. The van der Waals surface area contributed by atoms with Crippen LogP contribution in [0.25, 0.3) is 0 Å². The van der Waals surface area contributed by atoms with E-state index in [2.05, 4.69) is 5.32 Å². The largest absolute Gasteiger partial charge is 0.342 e. The Morgan fingerprint density at radius 1 is 1.15 bits per heavy atom. The molecule has 2 aromatic rings. The summed E-state index contributed by atoms with van der Waals surface area (Å²) in [6.45, 7) is 3.02. The van der Waals surface area contributed by atoms with Gasteiger partial charge in [0, 0.05) is 29.7 Å². The lowest BCUT2D eigenvalue weighted by Gasteiger charge is -2.31. The Kier molecular flexibility index (Phi) is 6.11. The average molecular weight is 389 g/mol. The van der Waals surface area contributed by atoms with Crippen molar-refractivity contribution in [2.75, 3.05) is 18.4 Å². The number of hydrogen-bond acceptors (Lipinski definition) is 2. The molecule has 27 heavy (non-hydrogen) atoms. The summed E-state index contributed by atoms with van der Waals surface area (Å²) >= 11 is 6.00. The normalized spacial score (nSPS) is 14.9. The number of amides is 2. The van der Waals surface area contributed by atoms with Crippen LogP contribution in [-0.2, 0) is 16.0 Å². The zero-order valence-corrected chi connectivity index (χ0v) is 15.9. The molecule has 0 bridgehead atoms. The highest BCUT2D eigenvalue weighted by Crippen LogP contribution is 2.24. The molecule has 6 heteroatoms. The van der Waals surface area contributed by atoms with Crippen molar-refractivity contribution < 1.29 is 14.0 Å². The van der Waals surface area contributed by atoms with E-state index in [-0.39, 0.29) is 30.0 Å². The van der Waals surface area contributed by atoms with Gasteiger partial charge in [0.05, 0.1) is 6.42 Å². The minimum absolute atomic E-state index is 0.00570. The first kappa shape index (κ1) is 19.4. The van der Waals surface area contributed by atoms with Crippen LogP contribution in [0.15, 0.2) is 42.5 Å². The maximum atomic E-state index is 13.0. The maximum absolute atomic E-state index is 13.0. The third-order valence-corrected chi connectivity index (χ3v) is 5.18. The molecule has 1 N–H and O–H groups in total. The average Bonchev–Trinajstić information content (AvgIpc) is 2.66. The van der Waals surface area contributed by atoms with Gasteiger partial charge in [-0.05, 0) is 55.2 Å². The fraction of sp³-hybridized carbons (Fsp3) is 0.333. The molecule has 0 unspecified atom stereocenters. The Balaban J connectivity index is 1.52. The summed E-state index contributed by atoms with van der Waals surface area (Å²) in [6.07, 6.45) is 1.50. The zero-order chi connectivity index (χ0) is 19.4. The van der Waals surface area contributed by atoms with Gasteiger partial charge in [0.1, 0.15) is 5.82 Å². The standard InChI is InChI=1S/C21H22ClFN2O2/c1-14-2-5-17(22)13-19(14)24-21(27)16-8-10-25(11-9-16)20(26)12-15-3-6-18(23)7-4-15/h2-7,13,16H,8-12H2,1H3,(H,24,27). The first-order chi connectivity index (χ1) is 12.9. The molecule has 0 aliphatic carbocycles. The van der Waals surface area contributed by atoms with E-state index >= 15 is 0 Å². The number of nitrogens with zero attached hydrogens (tertiary/aromatic N) is 1. The summed E-state index contributed by atoms with van der Waals surface area (Å²) in [5.74, 6) is -0.469. The molecule has 1 aliphatic heterocycles. The molecule has 1 heterocycles. The lowest BCUT2D eigenvalue weighted by atomic mass is 9.95. The monoisotopic (exact) mass is 388 g/mol. The lowest BCUT2D eigenvalue weighted by molar-refractivity contribution is -0.133. The summed E-state index contributed by atoms with van der Waals surface area (Å²) in [5, 5.41) is 3.53. The third-order valence-electron chi connectivity index (χ3n) is 4.94. The second-order valence-corrected chi connectivity index (χ2v) is 7.34. The summed E-state index contributed by atoms with van der Waals surface area (Å²) < 4.78 is 13.0. The van der Waals surface area contributed by atoms with Gasteiger partial charge in [0.25, 0.3) is 0 Å². The van der Waals surface area contributed by atoms with Crippen molar-refractivity contribution in [3.63, 3.8) is 0 Å². The van der Waals surface area contributed by atoms with E-state index in [1.54, 1.807) is 29.2 Å². The van der Waals surface area contributed by atoms with Gasteiger partial charge in [-0.25, -0.2) is 4.39 Å². The van der Waals surface area contributed by atoms with Crippen LogP contribution in [0.2, 0.25) is 5.02 Å². The molecule has 0 atom stereocenters. The number of aryl methyl sites for hydroxylation is 1. The topological polar surface area (TPSA) is 49.4 Å². The van der Waals surface area contributed by atoms with Crippen LogP contribution in [0.4, 0.5) is 10.1 Å². The molecule has 1 fully saturated rings. The Morgan fingerprint density at radius 2 is 1.81 bits per heavy atom. The van der Waals surface area contributed by atoms with Crippen molar-refractivity contribution in [3.8, 4) is 0 Å². The van der Waals surface area contributed by atoms with Gasteiger partial charge in [0.15, 0.2) is 0 Å². The minimum atomic E-state index is -0.312. The van der Waals surface area contributed by atoms with Crippen molar-refractivity contribution in [2.24, 2.45) is 5.92 Å². The molecular formula is C21H22ClFN2O2. The first-order valence-corrected chi connectivity index (χ1v) is 9.39. The van der Waals surface area contributed by atoms with Crippen molar-refractivity contribution in [1.82, 2.24) is 4.90 Å². The van der Waals surface area contributed by atoms with Gasteiger partial charge in [-0.1, -0.05) is 29.8 Å². The fourth-order valence-corrected chi connectivity index (χ4v) is 3.42. The van der Waals surface area contributed by atoms with Crippen molar-refractivity contribution >= 4 is 29.1 Å². The molecule has 0 saturated carbocycles. The Bertz CT molecular complexity index is 831. The quantitative estimate of drug-likeness (QED) is 0.853. The predicted molar refractivity (Wildman–Crippen MR) is 104 cm³/mol. The third kappa shape index (κ3) is 5.07. The van der Waals surface area contributed by atoms with Gasteiger partial charge in [-0.2, -0.15) is 0 Å². The van der Waals surface area contributed by atoms with Gasteiger partial charge >= 0.3 is 0 Å². The molecule has 2 amide bonds. The summed E-state index contributed by atoms with van der Waals surface area (Å²) in [4.78, 5) is 26.7. The summed E-state index contributed by atoms with van der Waals surface area (Å²) in [7, 11) is 0. The van der Waals surface area contributed by atoms with Crippen molar-refractivity contribution in [2.45, 2.75) is 26.2 Å². The molecular weight excluding hydrogens is 367 g/mol. The molecule has 4 nitrogen and oxygen atoms in total.